The third-order valence-electron chi connectivity index (χ3n) is 5.25. The maximum Gasteiger partial charge on any atom is 0.277 e. The number of anilines is 1. The van der Waals surface area contributed by atoms with Gasteiger partial charge in [-0.15, -0.1) is 0 Å². The molecule has 0 saturated carbocycles. The smallest absolute Gasteiger partial charge is 0.277 e. The highest BCUT2D eigenvalue weighted by Gasteiger charge is 2.28. The number of fused-ring (bicyclic) bond motifs is 1. The van der Waals surface area contributed by atoms with Crippen LogP contribution in [-0.4, -0.2) is 31.3 Å². The van der Waals surface area contributed by atoms with Crippen molar-refractivity contribution in [1.29, 1.82) is 0 Å². The lowest BCUT2D eigenvalue weighted by molar-refractivity contribution is -0.123. The molecular weight excluding hydrogens is 421 g/mol. The summed E-state index contributed by atoms with van der Waals surface area (Å²) in [5.74, 6) is 0.00507. The van der Waals surface area contributed by atoms with E-state index < -0.39 is 0 Å². The first-order valence-corrected chi connectivity index (χ1v) is 10.3. The Morgan fingerprint density at radius 3 is 2.67 bits per heavy atom. The van der Waals surface area contributed by atoms with Gasteiger partial charge in [0.1, 0.15) is 5.75 Å². The van der Waals surface area contributed by atoms with E-state index in [4.69, 9.17) is 27.9 Å². The minimum Gasteiger partial charge on any atom is -0.482 e. The number of rotatable bonds is 5. The number of nitrogens with one attached hydrogen (secondary N) is 1. The Hall–Kier alpha value is -2.50. The topological polar surface area (TPSA) is 53.9 Å². The summed E-state index contributed by atoms with van der Waals surface area (Å²) in [4.78, 5) is 14.3. The number of halogens is 2. The molecule has 1 aliphatic heterocycles. The van der Waals surface area contributed by atoms with E-state index in [9.17, 15) is 4.79 Å². The molecule has 158 valence electrons. The standard InChI is InChI=1S/C23H25Cl2N3O2/c1-14-8-20-18(15(2)11-23(3,4)28(20)5)9-16(14)12-26-27-22(29)13-30-21-7-6-17(24)10-19(21)25/h6-12H,13H2,1-5H3,(H,27,29)/b26-12-. The van der Waals surface area contributed by atoms with Crippen LogP contribution < -0.4 is 15.1 Å². The number of likely N-dealkylation sites (N-methyl/N-ethyl adjacent to an activating group) is 1. The first-order chi connectivity index (χ1) is 14.1. The fraction of sp³-hybridized carbons (Fsp3) is 0.304. The highest BCUT2D eigenvalue weighted by atomic mass is 35.5. The van der Waals surface area contributed by atoms with E-state index in [1.165, 1.54) is 11.3 Å². The van der Waals surface area contributed by atoms with Crippen LogP contribution in [0.5, 0.6) is 5.75 Å². The summed E-state index contributed by atoms with van der Waals surface area (Å²) in [6, 6.07) is 9.07. The van der Waals surface area contributed by atoms with Gasteiger partial charge in [-0.2, -0.15) is 5.10 Å². The molecular formula is C23H25Cl2N3O2. The van der Waals surface area contributed by atoms with Crippen LogP contribution in [0.1, 0.15) is 37.5 Å². The van der Waals surface area contributed by atoms with Crippen molar-refractivity contribution in [3.8, 4) is 5.75 Å². The van der Waals surface area contributed by atoms with Gasteiger partial charge >= 0.3 is 0 Å². The Morgan fingerprint density at radius 2 is 1.97 bits per heavy atom. The van der Waals surface area contributed by atoms with Crippen molar-refractivity contribution in [2.75, 3.05) is 18.6 Å². The molecule has 3 rings (SSSR count). The lowest BCUT2D eigenvalue weighted by atomic mass is 9.87. The number of hydrazone groups is 1. The second-order valence-electron chi connectivity index (χ2n) is 7.92. The summed E-state index contributed by atoms with van der Waals surface area (Å²) < 4.78 is 5.41. The second-order valence-corrected chi connectivity index (χ2v) is 8.77. The van der Waals surface area contributed by atoms with Crippen molar-refractivity contribution < 1.29 is 9.53 Å². The van der Waals surface area contributed by atoms with Gasteiger partial charge in [-0.1, -0.05) is 29.3 Å². The van der Waals surface area contributed by atoms with Crippen LogP contribution in [0.15, 0.2) is 41.5 Å². The SMILES string of the molecule is CC1=CC(C)(C)N(C)c2cc(C)c(/C=N\NC(=O)COc3ccc(Cl)cc3Cl)cc21. The molecule has 1 heterocycles. The highest BCUT2D eigenvalue weighted by molar-refractivity contribution is 6.35. The minimum atomic E-state index is -0.384. The number of hydrogen-bond donors (Lipinski definition) is 1. The van der Waals surface area contributed by atoms with Gasteiger partial charge < -0.3 is 9.64 Å². The summed E-state index contributed by atoms with van der Waals surface area (Å²) in [5, 5.41) is 4.93. The fourth-order valence-corrected chi connectivity index (χ4v) is 3.86. The predicted molar refractivity (Wildman–Crippen MR) is 125 cm³/mol. The molecule has 0 fully saturated rings. The summed E-state index contributed by atoms with van der Waals surface area (Å²) in [5.41, 5.74) is 8.03. The molecule has 1 aliphatic rings. The molecule has 0 aromatic heterocycles. The second kappa shape index (κ2) is 8.70. The van der Waals surface area contributed by atoms with E-state index in [2.05, 4.69) is 61.5 Å². The third kappa shape index (κ3) is 4.79. The largest absolute Gasteiger partial charge is 0.482 e. The average molecular weight is 446 g/mol. The first kappa shape index (κ1) is 22.2. The molecule has 1 N–H and O–H groups in total. The van der Waals surface area contributed by atoms with Crippen molar-refractivity contribution in [1.82, 2.24) is 5.43 Å². The molecule has 5 nitrogen and oxygen atoms in total. The maximum atomic E-state index is 12.0. The van der Waals surface area contributed by atoms with Crippen molar-refractivity contribution in [2.24, 2.45) is 5.10 Å². The average Bonchev–Trinajstić information content (AvgIpc) is 2.66. The molecule has 0 spiro atoms. The lowest BCUT2D eigenvalue weighted by Crippen LogP contribution is -2.42. The zero-order valence-corrected chi connectivity index (χ0v) is 19.2. The monoisotopic (exact) mass is 445 g/mol. The van der Waals surface area contributed by atoms with Gasteiger partial charge in [0.15, 0.2) is 6.61 Å². The zero-order valence-electron chi connectivity index (χ0n) is 17.7. The molecule has 7 heteroatoms. The van der Waals surface area contributed by atoms with Crippen LogP contribution in [-0.2, 0) is 4.79 Å². The van der Waals surface area contributed by atoms with E-state index in [0.717, 1.165) is 16.7 Å². The number of amides is 1. The third-order valence-corrected chi connectivity index (χ3v) is 5.78. The van der Waals surface area contributed by atoms with E-state index in [-0.39, 0.29) is 18.1 Å². The lowest BCUT2D eigenvalue weighted by Gasteiger charge is -2.41. The number of aryl methyl sites for hydroxylation is 1. The molecule has 2 aromatic rings. The Morgan fingerprint density at radius 1 is 1.23 bits per heavy atom. The Balaban J connectivity index is 1.67. The molecule has 0 atom stereocenters. The zero-order chi connectivity index (χ0) is 22.1. The predicted octanol–water partition coefficient (Wildman–Crippen LogP) is 5.46. The summed E-state index contributed by atoms with van der Waals surface area (Å²) in [7, 11) is 2.10. The molecule has 0 bridgehead atoms. The number of carbonyl (C=O) groups excluding carboxylic acids is 1. The number of hydrogen-bond acceptors (Lipinski definition) is 4. The van der Waals surface area contributed by atoms with Crippen LogP contribution in [0.25, 0.3) is 5.57 Å². The maximum absolute atomic E-state index is 12.0. The van der Waals surface area contributed by atoms with E-state index in [1.807, 2.05) is 6.92 Å². The molecule has 0 unspecified atom stereocenters. The number of ether oxygens (including phenoxy) is 1. The van der Waals surface area contributed by atoms with Crippen LogP contribution >= 0.6 is 23.2 Å². The first-order valence-electron chi connectivity index (χ1n) is 9.56. The van der Waals surface area contributed by atoms with Crippen LogP contribution in [0.3, 0.4) is 0 Å². The quantitative estimate of drug-likeness (QED) is 0.490. The highest BCUT2D eigenvalue weighted by Crippen LogP contribution is 2.39. The molecule has 2 aromatic carbocycles. The Bertz CT molecular complexity index is 1040. The van der Waals surface area contributed by atoms with Gasteiger partial charge in [-0.25, -0.2) is 5.43 Å². The number of benzene rings is 2. The van der Waals surface area contributed by atoms with Crippen molar-refractivity contribution in [3.05, 3.63) is 63.1 Å². The van der Waals surface area contributed by atoms with Crippen molar-refractivity contribution in [2.45, 2.75) is 33.2 Å². The fourth-order valence-electron chi connectivity index (χ4n) is 3.40. The van der Waals surface area contributed by atoms with Gasteiger partial charge in [0.25, 0.3) is 5.91 Å². The van der Waals surface area contributed by atoms with Gasteiger partial charge in [-0.3, -0.25) is 4.79 Å². The molecule has 30 heavy (non-hydrogen) atoms. The van der Waals surface area contributed by atoms with Crippen LogP contribution in [0, 0.1) is 6.92 Å². The van der Waals surface area contributed by atoms with Crippen LogP contribution in [0.4, 0.5) is 5.69 Å². The van der Waals surface area contributed by atoms with Gasteiger partial charge in [0.05, 0.1) is 16.8 Å². The molecule has 0 radical (unpaired) electrons. The number of carbonyl (C=O) groups is 1. The van der Waals surface area contributed by atoms with Gasteiger partial charge in [0, 0.05) is 23.3 Å². The number of nitrogens with zero attached hydrogens (tertiary/aromatic N) is 2. The van der Waals surface area contributed by atoms with Gasteiger partial charge in [-0.05, 0) is 74.7 Å². The normalized spacial score (nSPS) is 15.0. The summed E-state index contributed by atoms with van der Waals surface area (Å²) in [6.45, 7) is 8.33. The number of allylic oxidation sites excluding steroid dienone is 1. The van der Waals surface area contributed by atoms with E-state index in [1.54, 1.807) is 24.4 Å². The molecule has 0 saturated heterocycles. The van der Waals surface area contributed by atoms with E-state index in [0.29, 0.717) is 15.8 Å². The summed E-state index contributed by atoms with van der Waals surface area (Å²) >= 11 is 11.9. The Labute approximate surface area is 187 Å². The summed E-state index contributed by atoms with van der Waals surface area (Å²) in [6.07, 6.45) is 3.91. The van der Waals surface area contributed by atoms with E-state index >= 15 is 0 Å². The van der Waals surface area contributed by atoms with Gasteiger partial charge in [0.2, 0.25) is 0 Å². The van der Waals surface area contributed by atoms with Crippen molar-refractivity contribution in [3.63, 3.8) is 0 Å². The molecule has 0 aliphatic carbocycles. The van der Waals surface area contributed by atoms with Crippen molar-refractivity contribution >= 4 is 46.6 Å². The Kier molecular flexibility index (Phi) is 6.44. The molecule has 1 amide bonds. The minimum absolute atomic E-state index is 0.0416. The van der Waals surface area contributed by atoms with Crippen LogP contribution in [0.2, 0.25) is 10.0 Å².